The maximum absolute atomic E-state index is 12.0. The van der Waals surface area contributed by atoms with E-state index >= 15 is 0 Å². The SMILES string of the molecule is CC(C)Oc1cccc(C(=O)NC(C)(CO)CO)c1. The molecule has 106 valence electrons. The van der Waals surface area contributed by atoms with Gasteiger partial charge in [-0.2, -0.15) is 0 Å². The van der Waals surface area contributed by atoms with Gasteiger partial charge in [-0.05, 0) is 39.0 Å². The minimum Gasteiger partial charge on any atom is -0.491 e. The number of carbonyl (C=O) groups excluding carboxylic acids is 1. The Morgan fingerprint density at radius 2 is 2.00 bits per heavy atom. The average molecular weight is 267 g/mol. The van der Waals surface area contributed by atoms with Crippen molar-refractivity contribution in [1.82, 2.24) is 5.32 Å². The zero-order chi connectivity index (χ0) is 14.5. The van der Waals surface area contributed by atoms with Crippen molar-refractivity contribution in [3.8, 4) is 5.75 Å². The molecule has 3 N–H and O–H groups in total. The van der Waals surface area contributed by atoms with E-state index < -0.39 is 5.54 Å². The summed E-state index contributed by atoms with van der Waals surface area (Å²) in [4.78, 5) is 12.0. The van der Waals surface area contributed by atoms with E-state index in [0.29, 0.717) is 11.3 Å². The summed E-state index contributed by atoms with van der Waals surface area (Å²) in [6, 6.07) is 6.78. The number of hydrogen-bond acceptors (Lipinski definition) is 4. The number of ether oxygens (including phenoxy) is 1. The molecule has 0 saturated carbocycles. The number of aliphatic hydroxyl groups is 2. The lowest BCUT2D eigenvalue weighted by molar-refractivity contribution is 0.0723. The molecule has 0 spiro atoms. The van der Waals surface area contributed by atoms with Crippen molar-refractivity contribution < 1.29 is 19.7 Å². The molecular weight excluding hydrogens is 246 g/mol. The van der Waals surface area contributed by atoms with Crippen molar-refractivity contribution in [3.05, 3.63) is 29.8 Å². The number of hydrogen-bond donors (Lipinski definition) is 3. The van der Waals surface area contributed by atoms with Gasteiger partial charge in [0.15, 0.2) is 0 Å². The van der Waals surface area contributed by atoms with Crippen molar-refractivity contribution in [2.75, 3.05) is 13.2 Å². The van der Waals surface area contributed by atoms with Crippen LogP contribution in [0.2, 0.25) is 0 Å². The number of rotatable bonds is 6. The molecule has 1 aromatic carbocycles. The van der Waals surface area contributed by atoms with E-state index in [1.165, 1.54) is 0 Å². The normalized spacial score (nSPS) is 11.5. The Bertz CT molecular complexity index is 427. The number of benzene rings is 1. The van der Waals surface area contributed by atoms with E-state index in [2.05, 4.69) is 5.32 Å². The molecule has 0 aliphatic rings. The largest absolute Gasteiger partial charge is 0.491 e. The third-order valence-corrected chi connectivity index (χ3v) is 2.58. The summed E-state index contributed by atoms with van der Waals surface area (Å²) in [7, 11) is 0. The second-order valence-electron chi connectivity index (χ2n) is 5.03. The minimum atomic E-state index is -1.04. The summed E-state index contributed by atoms with van der Waals surface area (Å²) >= 11 is 0. The predicted octanol–water partition coefficient (Wildman–Crippen LogP) is 0.947. The molecule has 0 radical (unpaired) electrons. The molecule has 0 fully saturated rings. The van der Waals surface area contributed by atoms with E-state index in [4.69, 9.17) is 14.9 Å². The third kappa shape index (κ3) is 4.54. The van der Waals surface area contributed by atoms with Crippen LogP contribution < -0.4 is 10.1 Å². The molecule has 19 heavy (non-hydrogen) atoms. The molecule has 0 aliphatic heterocycles. The fourth-order valence-corrected chi connectivity index (χ4v) is 1.46. The Hall–Kier alpha value is -1.59. The highest BCUT2D eigenvalue weighted by atomic mass is 16.5. The second kappa shape index (κ2) is 6.54. The van der Waals surface area contributed by atoms with Gasteiger partial charge in [-0.25, -0.2) is 0 Å². The summed E-state index contributed by atoms with van der Waals surface area (Å²) < 4.78 is 5.51. The Morgan fingerprint density at radius 1 is 1.37 bits per heavy atom. The van der Waals surface area contributed by atoms with Gasteiger partial charge in [-0.1, -0.05) is 6.07 Å². The van der Waals surface area contributed by atoms with Crippen LogP contribution in [0.15, 0.2) is 24.3 Å². The highest BCUT2D eigenvalue weighted by Crippen LogP contribution is 2.15. The van der Waals surface area contributed by atoms with E-state index in [1.54, 1.807) is 31.2 Å². The van der Waals surface area contributed by atoms with Gasteiger partial charge in [0.25, 0.3) is 5.91 Å². The van der Waals surface area contributed by atoms with Gasteiger partial charge in [0, 0.05) is 5.56 Å². The average Bonchev–Trinajstić information content (AvgIpc) is 2.38. The van der Waals surface area contributed by atoms with Crippen LogP contribution in [-0.4, -0.2) is 41.0 Å². The topological polar surface area (TPSA) is 78.8 Å². The first-order chi connectivity index (χ1) is 8.90. The Labute approximate surface area is 113 Å². The zero-order valence-corrected chi connectivity index (χ0v) is 11.5. The fraction of sp³-hybridized carbons (Fsp3) is 0.500. The van der Waals surface area contributed by atoms with Gasteiger partial charge in [0.2, 0.25) is 0 Å². The highest BCUT2D eigenvalue weighted by Gasteiger charge is 2.25. The summed E-state index contributed by atoms with van der Waals surface area (Å²) in [5.74, 6) is 0.247. The van der Waals surface area contributed by atoms with Gasteiger partial charge in [-0.15, -0.1) is 0 Å². The lowest BCUT2D eigenvalue weighted by Gasteiger charge is -2.26. The fourth-order valence-electron chi connectivity index (χ4n) is 1.46. The first-order valence-electron chi connectivity index (χ1n) is 6.21. The molecule has 0 saturated heterocycles. The van der Waals surface area contributed by atoms with E-state index in [1.807, 2.05) is 13.8 Å². The summed E-state index contributed by atoms with van der Waals surface area (Å²) in [5.41, 5.74) is -0.613. The maximum Gasteiger partial charge on any atom is 0.251 e. The molecule has 0 heterocycles. The molecule has 0 atom stereocenters. The highest BCUT2D eigenvalue weighted by molar-refractivity contribution is 5.95. The van der Waals surface area contributed by atoms with Crippen molar-refractivity contribution in [2.45, 2.75) is 32.4 Å². The number of carbonyl (C=O) groups is 1. The van der Waals surface area contributed by atoms with Crippen molar-refractivity contribution in [1.29, 1.82) is 0 Å². The first kappa shape index (κ1) is 15.5. The van der Waals surface area contributed by atoms with Gasteiger partial charge in [0.1, 0.15) is 5.75 Å². The van der Waals surface area contributed by atoms with Crippen LogP contribution in [-0.2, 0) is 0 Å². The van der Waals surface area contributed by atoms with E-state index in [9.17, 15) is 4.79 Å². The Morgan fingerprint density at radius 3 is 2.53 bits per heavy atom. The molecule has 0 aliphatic carbocycles. The predicted molar refractivity (Wildman–Crippen MR) is 72.2 cm³/mol. The summed E-state index contributed by atoms with van der Waals surface area (Å²) in [6.45, 7) is 4.71. The molecule has 1 aromatic rings. The van der Waals surface area contributed by atoms with Crippen LogP contribution in [0.25, 0.3) is 0 Å². The Balaban J connectivity index is 2.82. The minimum absolute atomic E-state index is 0.0264. The van der Waals surface area contributed by atoms with Crippen LogP contribution in [0.3, 0.4) is 0 Å². The monoisotopic (exact) mass is 267 g/mol. The first-order valence-corrected chi connectivity index (χ1v) is 6.21. The number of amides is 1. The van der Waals surface area contributed by atoms with Crippen molar-refractivity contribution >= 4 is 5.91 Å². The number of aliphatic hydroxyl groups excluding tert-OH is 2. The molecule has 0 unspecified atom stereocenters. The zero-order valence-electron chi connectivity index (χ0n) is 11.5. The standard InChI is InChI=1S/C14H21NO4/c1-10(2)19-12-6-4-5-11(7-12)13(18)15-14(3,8-16)9-17/h4-7,10,16-17H,8-9H2,1-3H3,(H,15,18). The van der Waals surface area contributed by atoms with E-state index in [0.717, 1.165) is 0 Å². The maximum atomic E-state index is 12.0. The van der Waals surface area contributed by atoms with E-state index in [-0.39, 0.29) is 25.2 Å². The lowest BCUT2D eigenvalue weighted by Crippen LogP contribution is -2.51. The molecule has 0 bridgehead atoms. The summed E-state index contributed by atoms with van der Waals surface area (Å²) in [6.07, 6.45) is 0.0264. The Kier molecular flexibility index (Phi) is 5.32. The van der Waals surface area contributed by atoms with Gasteiger partial charge in [-0.3, -0.25) is 4.79 Å². The van der Waals surface area contributed by atoms with Crippen LogP contribution in [0.4, 0.5) is 0 Å². The molecule has 5 heteroatoms. The van der Waals surface area contributed by atoms with Crippen LogP contribution >= 0.6 is 0 Å². The van der Waals surface area contributed by atoms with Gasteiger partial charge >= 0.3 is 0 Å². The number of nitrogens with one attached hydrogen (secondary N) is 1. The quantitative estimate of drug-likeness (QED) is 0.717. The van der Waals surface area contributed by atoms with Crippen molar-refractivity contribution in [3.63, 3.8) is 0 Å². The molecular formula is C14H21NO4. The van der Waals surface area contributed by atoms with Crippen LogP contribution in [0.5, 0.6) is 5.75 Å². The van der Waals surface area contributed by atoms with Crippen LogP contribution in [0, 0.1) is 0 Å². The van der Waals surface area contributed by atoms with Gasteiger partial charge < -0.3 is 20.3 Å². The molecule has 1 amide bonds. The summed E-state index contributed by atoms with van der Waals surface area (Å²) in [5, 5.41) is 20.9. The molecule has 1 rings (SSSR count). The van der Waals surface area contributed by atoms with Gasteiger partial charge in [0.05, 0.1) is 24.9 Å². The smallest absolute Gasteiger partial charge is 0.251 e. The molecule has 0 aromatic heterocycles. The molecule has 5 nitrogen and oxygen atoms in total. The lowest BCUT2D eigenvalue weighted by atomic mass is 10.0. The second-order valence-corrected chi connectivity index (χ2v) is 5.03. The van der Waals surface area contributed by atoms with Crippen LogP contribution in [0.1, 0.15) is 31.1 Å². The third-order valence-electron chi connectivity index (χ3n) is 2.58. The van der Waals surface area contributed by atoms with Crippen molar-refractivity contribution in [2.24, 2.45) is 0 Å².